The zero-order valence-corrected chi connectivity index (χ0v) is 12.0. The first-order valence-electron chi connectivity index (χ1n) is 5.44. The lowest BCUT2D eigenvalue weighted by Crippen LogP contribution is -2.28. The molecular formula is C13H20BrNO. The third-order valence-electron chi connectivity index (χ3n) is 2.23. The molecule has 1 aromatic rings. The molecule has 0 amide bonds. The zero-order chi connectivity index (χ0) is 12.3. The molecule has 0 aliphatic carbocycles. The Kier molecular flexibility index (Phi) is 4.39. The molecule has 0 aliphatic rings. The predicted molar refractivity (Wildman–Crippen MR) is 71.6 cm³/mol. The van der Waals surface area contributed by atoms with Gasteiger partial charge in [0, 0.05) is 23.1 Å². The van der Waals surface area contributed by atoms with Crippen molar-refractivity contribution >= 4 is 15.9 Å². The molecule has 3 heteroatoms. The summed E-state index contributed by atoms with van der Waals surface area (Å²) in [6.45, 7) is 8.40. The van der Waals surface area contributed by atoms with Crippen molar-refractivity contribution in [3.63, 3.8) is 0 Å². The van der Waals surface area contributed by atoms with Gasteiger partial charge < -0.3 is 10.0 Å². The van der Waals surface area contributed by atoms with Gasteiger partial charge in [0.1, 0.15) is 5.75 Å². The van der Waals surface area contributed by atoms with Crippen LogP contribution in [0.3, 0.4) is 0 Å². The Morgan fingerprint density at radius 2 is 1.94 bits per heavy atom. The summed E-state index contributed by atoms with van der Waals surface area (Å²) in [6.07, 6.45) is 0. The van der Waals surface area contributed by atoms with E-state index in [-0.39, 0.29) is 5.41 Å². The third kappa shape index (κ3) is 4.54. The summed E-state index contributed by atoms with van der Waals surface area (Å²) in [5.41, 5.74) is 1.23. The number of hydrogen-bond donors (Lipinski definition) is 1. The van der Waals surface area contributed by atoms with Gasteiger partial charge in [-0.05, 0) is 30.7 Å². The van der Waals surface area contributed by atoms with E-state index < -0.39 is 0 Å². The summed E-state index contributed by atoms with van der Waals surface area (Å²) >= 11 is 3.42. The van der Waals surface area contributed by atoms with Gasteiger partial charge >= 0.3 is 0 Å². The molecule has 1 N–H and O–H groups in total. The van der Waals surface area contributed by atoms with Crippen molar-refractivity contribution in [3.8, 4) is 5.75 Å². The molecule has 0 fully saturated rings. The Labute approximate surface area is 106 Å². The molecule has 0 unspecified atom stereocenters. The van der Waals surface area contributed by atoms with E-state index in [1.165, 1.54) is 0 Å². The highest BCUT2D eigenvalue weighted by Gasteiger charge is 2.14. The maximum atomic E-state index is 9.73. The fourth-order valence-electron chi connectivity index (χ4n) is 1.84. The van der Waals surface area contributed by atoms with Crippen LogP contribution in [0.1, 0.15) is 26.3 Å². The first-order valence-corrected chi connectivity index (χ1v) is 6.23. The maximum Gasteiger partial charge on any atom is 0.120 e. The van der Waals surface area contributed by atoms with Crippen molar-refractivity contribution in [2.75, 3.05) is 13.6 Å². The van der Waals surface area contributed by atoms with Crippen molar-refractivity contribution in [1.29, 1.82) is 0 Å². The smallest absolute Gasteiger partial charge is 0.120 e. The summed E-state index contributed by atoms with van der Waals surface area (Å²) in [6, 6.07) is 5.54. The average molecular weight is 286 g/mol. The molecule has 0 bridgehead atoms. The Bertz CT molecular complexity index is 357. The number of nitrogens with zero attached hydrogens (tertiary/aromatic N) is 1. The van der Waals surface area contributed by atoms with Gasteiger partial charge in [0.25, 0.3) is 0 Å². The van der Waals surface area contributed by atoms with Crippen molar-refractivity contribution in [1.82, 2.24) is 4.90 Å². The molecule has 1 aromatic carbocycles. The van der Waals surface area contributed by atoms with Crippen molar-refractivity contribution in [3.05, 3.63) is 28.2 Å². The summed E-state index contributed by atoms with van der Waals surface area (Å²) in [5, 5.41) is 9.73. The second-order valence-corrected chi connectivity index (χ2v) is 6.42. The normalized spacial score (nSPS) is 12.1. The lowest BCUT2D eigenvalue weighted by molar-refractivity contribution is 0.219. The Balaban J connectivity index is 2.69. The molecular weight excluding hydrogens is 266 g/mol. The minimum atomic E-state index is 0.274. The van der Waals surface area contributed by atoms with Gasteiger partial charge in [-0.3, -0.25) is 0 Å². The molecule has 0 spiro atoms. The minimum Gasteiger partial charge on any atom is -0.508 e. The van der Waals surface area contributed by atoms with Crippen LogP contribution >= 0.6 is 15.9 Å². The van der Waals surface area contributed by atoms with Crippen molar-refractivity contribution in [2.24, 2.45) is 5.41 Å². The summed E-state index contributed by atoms with van der Waals surface area (Å²) in [7, 11) is 2.07. The SMILES string of the molecule is CN(Cc1cc(Br)ccc1O)CC(C)(C)C. The molecule has 0 atom stereocenters. The van der Waals surface area contributed by atoms with Crippen LogP contribution in [-0.2, 0) is 6.54 Å². The van der Waals surface area contributed by atoms with E-state index in [1.807, 2.05) is 12.1 Å². The van der Waals surface area contributed by atoms with Crippen LogP contribution in [0.25, 0.3) is 0 Å². The van der Waals surface area contributed by atoms with Crippen LogP contribution in [-0.4, -0.2) is 23.6 Å². The lowest BCUT2D eigenvalue weighted by atomic mass is 9.96. The number of phenolic OH excluding ortho intramolecular Hbond substituents is 1. The Morgan fingerprint density at radius 1 is 1.31 bits per heavy atom. The highest BCUT2D eigenvalue weighted by Crippen LogP contribution is 2.24. The Hall–Kier alpha value is -0.540. The van der Waals surface area contributed by atoms with Gasteiger partial charge in [0.2, 0.25) is 0 Å². The molecule has 2 nitrogen and oxygen atoms in total. The summed E-state index contributed by atoms with van der Waals surface area (Å²) < 4.78 is 1.00. The van der Waals surface area contributed by atoms with Gasteiger partial charge in [-0.1, -0.05) is 36.7 Å². The zero-order valence-electron chi connectivity index (χ0n) is 10.4. The average Bonchev–Trinajstić information content (AvgIpc) is 2.08. The van der Waals surface area contributed by atoms with Gasteiger partial charge in [-0.15, -0.1) is 0 Å². The van der Waals surface area contributed by atoms with Crippen molar-refractivity contribution < 1.29 is 5.11 Å². The molecule has 16 heavy (non-hydrogen) atoms. The standard InChI is InChI=1S/C13H20BrNO/c1-13(2,3)9-15(4)8-10-7-11(14)5-6-12(10)16/h5-7,16H,8-9H2,1-4H3. The van der Waals surface area contributed by atoms with E-state index >= 15 is 0 Å². The second kappa shape index (κ2) is 5.19. The molecule has 0 saturated carbocycles. The molecule has 0 heterocycles. The molecule has 0 radical (unpaired) electrons. The molecule has 90 valence electrons. The van der Waals surface area contributed by atoms with Crippen LogP contribution < -0.4 is 0 Å². The van der Waals surface area contributed by atoms with Gasteiger partial charge in [-0.2, -0.15) is 0 Å². The number of rotatable bonds is 3. The molecule has 1 rings (SSSR count). The van der Waals surface area contributed by atoms with Gasteiger partial charge in [0.05, 0.1) is 0 Å². The first kappa shape index (κ1) is 13.5. The van der Waals surface area contributed by atoms with E-state index in [1.54, 1.807) is 6.07 Å². The lowest BCUT2D eigenvalue weighted by Gasteiger charge is -2.26. The number of halogens is 1. The quantitative estimate of drug-likeness (QED) is 0.917. The van der Waals surface area contributed by atoms with Crippen LogP contribution in [0.2, 0.25) is 0 Å². The molecule has 0 aliphatic heterocycles. The molecule has 0 saturated heterocycles. The largest absolute Gasteiger partial charge is 0.508 e. The van der Waals surface area contributed by atoms with Crippen LogP contribution in [0, 0.1) is 5.41 Å². The maximum absolute atomic E-state index is 9.73. The van der Waals surface area contributed by atoms with Crippen molar-refractivity contribution in [2.45, 2.75) is 27.3 Å². The van der Waals surface area contributed by atoms with E-state index in [2.05, 4.69) is 48.6 Å². The Morgan fingerprint density at radius 3 is 2.50 bits per heavy atom. The fourth-order valence-corrected chi connectivity index (χ4v) is 2.25. The number of aromatic hydroxyl groups is 1. The predicted octanol–water partition coefficient (Wildman–Crippen LogP) is 3.63. The topological polar surface area (TPSA) is 23.5 Å². The summed E-state index contributed by atoms with van der Waals surface area (Å²) in [4.78, 5) is 2.22. The van der Waals surface area contributed by atoms with E-state index in [4.69, 9.17) is 0 Å². The van der Waals surface area contributed by atoms with Gasteiger partial charge in [0.15, 0.2) is 0 Å². The monoisotopic (exact) mass is 285 g/mol. The molecule has 0 aromatic heterocycles. The fraction of sp³-hybridized carbons (Fsp3) is 0.538. The van der Waals surface area contributed by atoms with Crippen LogP contribution in [0.15, 0.2) is 22.7 Å². The van der Waals surface area contributed by atoms with Gasteiger partial charge in [-0.25, -0.2) is 0 Å². The highest BCUT2D eigenvalue weighted by atomic mass is 79.9. The highest BCUT2D eigenvalue weighted by molar-refractivity contribution is 9.10. The third-order valence-corrected chi connectivity index (χ3v) is 2.72. The van der Waals surface area contributed by atoms with Crippen LogP contribution in [0.5, 0.6) is 5.75 Å². The van der Waals surface area contributed by atoms with E-state index in [9.17, 15) is 5.11 Å². The summed E-state index contributed by atoms with van der Waals surface area (Å²) in [5.74, 6) is 0.365. The van der Waals surface area contributed by atoms with E-state index in [0.29, 0.717) is 5.75 Å². The number of phenols is 1. The number of benzene rings is 1. The minimum absolute atomic E-state index is 0.274. The van der Waals surface area contributed by atoms with E-state index in [0.717, 1.165) is 23.1 Å². The van der Waals surface area contributed by atoms with Crippen LogP contribution in [0.4, 0.5) is 0 Å². The first-order chi connectivity index (χ1) is 7.28. The number of hydrogen-bond acceptors (Lipinski definition) is 2. The second-order valence-electron chi connectivity index (χ2n) is 5.51.